The predicted octanol–water partition coefficient (Wildman–Crippen LogP) is 0.324. The fourth-order valence-electron chi connectivity index (χ4n) is 1.32. The first-order chi connectivity index (χ1) is 22.9. The molecule has 0 spiro atoms. The van der Waals surface area contributed by atoms with E-state index in [2.05, 4.69) is 260 Å². The third-order valence-corrected chi connectivity index (χ3v) is 2.71. The van der Waals surface area contributed by atoms with Crippen LogP contribution in [0.1, 0.15) is 0 Å². The Morgan fingerprint density at radius 2 is 0.174 bits per heavy atom. The van der Waals surface area contributed by atoms with Gasteiger partial charge in [0.05, 0.1) is 0 Å². The lowest BCUT2D eigenvalue weighted by molar-refractivity contribution is 2.31. The minimum atomic E-state index is 2.12. The number of terminal acetylenes is 2. The van der Waals surface area contributed by atoms with Crippen LogP contribution < -0.4 is 0 Å². The van der Waals surface area contributed by atoms with Gasteiger partial charge < -0.3 is 0 Å². The van der Waals surface area contributed by atoms with E-state index in [9.17, 15) is 0 Å². The first-order valence-electron chi connectivity index (χ1n) is 11.3. The predicted molar refractivity (Wildman–Crippen MR) is 181 cm³/mol. The van der Waals surface area contributed by atoms with E-state index < -0.39 is 0 Å². The van der Waals surface area contributed by atoms with Crippen LogP contribution in [0.25, 0.3) is 0 Å². The summed E-state index contributed by atoms with van der Waals surface area (Å²) in [6.45, 7) is 0. The van der Waals surface area contributed by atoms with Crippen molar-refractivity contribution in [1.29, 1.82) is 0 Å². The Labute approximate surface area is 272 Å². The van der Waals surface area contributed by atoms with Crippen LogP contribution in [-0.2, 0) is 0 Å². The van der Waals surface area contributed by atoms with Crippen LogP contribution in [0.3, 0.4) is 0 Å². The number of rotatable bonds is 0. The largest absolute Gasteiger partial charge is 0.106 e. The van der Waals surface area contributed by atoms with Gasteiger partial charge in [-0.1, -0.05) is 0 Å². The summed E-state index contributed by atoms with van der Waals surface area (Å²) in [7, 11) is 0. The highest BCUT2D eigenvalue weighted by Crippen LogP contribution is 1.61. The summed E-state index contributed by atoms with van der Waals surface area (Å²) in [6.07, 6.45) is 9.87. The van der Waals surface area contributed by atoms with E-state index in [4.69, 9.17) is 12.8 Å². The highest BCUT2D eigenvalue weighted by molar-refractivity contribution is 5.50. The third-order valence-electron chi connectivity index (χ3n) is 2.71. The summed E-state index contributed by atoms with van der Waals surface area (Å²) in [4.78, 5) is 0. The van der Waals surface area contributed by atoms with Gasteiger partial charge in [-0.25, -0.2) is 0 Å². The molecule has 0 atom stereocenters. The van der Waals surface area contributed by atoms with Crippen LogP contribution in [-0.4, -0.2) is 0 Å². The average molecular weight is 555 g/mol. The highest BCUT2D eigenvalue weighted by atomic mass is 13.6. The molecule has 0 heterocycles. The maximum Gasteiger partial charge on any atom is 0 e. The van der Waals surface area contributed by atoms with Gasteiger partial charge in [-0.3, -0.25) is 0 Å². The Kier molecular flexibility index (Phi) is 27.2. The molecule has 0 aliphatic rings. The summed E-state index contributed by atoms with van der Waals surface area (Å²) >= 11 is 0. The fourth-order valence-corrected chi connectivity index (χ4v) is 1.32. The number of hydrogen-bond donors (Lipinski definition) is 0. The molecule has 0 saturated carbocycles. The zero-order valence-corrected chi connectivity index (χ0v) is 23.2. The van der Waals surface area contributed by atoms with Crippen molar-refractivity contribution >= 4 is 0 Å². The molecule has 0 fully saturated rings. The lowest BCUT2D eigenvalue weighted by Crippen LogP contribution is -1.57. The standard InChI is InChI=1S/C46H2/c1-3-5-7-9-11-13-15-17-19-21-23-25-27-29-31-33-35-37-39-41-43-45-46-44-42-40-38-36-34-32-30-28-26-24-22-20-18-16-14-12-10-8-6-4-2/h1-2H. The van der Waals surface area contributed by atoms with Crippen LogP contribution in [0.4, 0.5) is 0 Å². The minimum Gasteiger partial charge on any atom is -0.106 e. The van der Waals surface area contributed by atoms with Gasteiger partial charge >= 0.3 is 0 Å². The Bertz CT molecular complexity index is 2560. The van der Waals surface area contributed by atoms with Crippen molar-refractivity contribution < 1.29 is 0 Å². The molecule has 46 heavy (non-hydrogen) atoms. The van der Waals surface area contributed by atoms with E-state index in [0.717, 1.165) is 0 Å². The molecule has 0 saturated heterocycles. The SMILES string of the molecule is C#CC#CC#CC#CC#CC#CC#CC#CC#CC#CC#CC#CC#CC#CC#CC#CC#CC#CC#CC#CC#CC#CC#C. The zero-order chi connectivity index (χ0) is 33.1. The van der Waals surface area contributed by atoms with E-state index >= 15 is 0 Å². The van der Waals surface area contributed by atoms with Gasteiger partial charge in [-0.15, -0.1) is 12.8 Å². The molecule has 0 aromatic heterocycles. The molecule has 0 aromatic rings. The lowest BCUT2D eigenvalue weighted by Gasteiger charge is -1.57. The summed E-state index contributed by atoms with van der Waals surface area (Å²) in [6, 6.07) is 0. The second-order valence-corrected chi connectivity index (χ2v) is 5.54. The highest BCUT2D eigenvalue weighted by Gasteiger charge is 1.61. The summed E-state index contributed by atoms with van der Waals surface area (Å²) in [5.74, 6) is 108. The minimum absolute atomic E-state index is 2.12. The van der Waals surface area contributed by atoms with Crippen molar-refractivity contribution in [2.24, 2.45) is 0 Å². The maximum atomic E-state index is 4.93. The molecule has 0 radical (unpaired) electrons. The van der Waals surface area contributed by atoms with Crippen molar-refractivity contribution in [1.82, 2.24) is 0 Å². The van der Waals surface area contributed by atoms with Gasteiger partial charge in [-0.05, 0) is 94.7 Å². The molecule has 0 aromatic carbocycles. The third kappa shape index (κ3) is 33.9. The van der Waals surface area contributed by atoms with E-state index in [1.165, 1.54) is 0 Å². The lowest BCUT2D eigenvalue weighted by atomic mass is 10.4. The maximum absolute atomic E-state index is 4.93. The van der Waals surface area contributed by atoms with E-state index in [1.54, 1.807) is 0 Å². The number of hydrogen-bond acceptors (Lipinski definition) is 0. The molecule has 0 aliphatic carbocycles. The van der Waals surface area contributed by atoms with E-state index in [0.29, 0.717) is 0 Å². The summed E-state index contributed by atoms with van der Waals surface area (Å²) in [5.41, 5.74) is 0. The zero-order valence-electron chi connectivity index (χ0n) is 23.2. The Morgan fingerprint density at radius 1 is 0.109 bits per heavy atom. The van der Waals surface area contributed by atoms with Crippen LogP contribution in [0.2, 0.25) is 0 Å². The van der Waals surface area contributed by atoms with Crippen LogP contribution >= 0.6 is 0 Å². The average Bonchev–Trinajstić information content (AvgIpc) is 3.07. The second-order valence-electron chi connectivity index (χ2n) is 5.54. The monoisotopic (exact) mass is 554 g/mol. The molecular formula is C46H2. The van der Waals surface area contributed by atoms with Crippen LogP contribution in [0.15, 0.2) is 0 Å². The van der Waals surface area contributed by atoms with Gasteiger partial charge in [0.25, 0.3) is 0 Å². The molecule has 186 valence electrons. The van der Waals surface area contributed by atoms with Crippen molar-refractivity contribution in [3.63, 3.8) is 0 Å². The first-order valence-corrected chi connectivity index (χ1v) is 11.3. The first kappa shape index (κ1) is 35.9. The van der Waals surface area contributed by atoms with Crippen molar-refractivity contribution in [3.05, 3.63) is 0 Å². The van der Waals surface area contributed by atoms with Crippen molar-refractivity contribution in [2.75, 3.05) is 0 Å². The fraction of sp³-hybridized carbons (Fsp3) is 0. The molecule has 0 heteroatoms. The molecule has 0 N–H and O–H groups in total. The van der Waals surface area contributed by atoms with Gasteiger partial charge in [0.2, 0.25) is 0 Å². The van der Waals surface area contributed by atoms with Crippen LogP contribution in [0.5, 0.6) is 0 Å². The molecule has 0 amide bonds. The van der Waals surface area contributed by atoms with E-state index in [1.807, 2.05) is 0 Å². The Balaban J connectivity index is 4.55. The van der Waals surface area contributed by atoms with Gasteiger partial charge in [0, 0.05) is 166 Å². The quantitative estimate of drug-likeness (QED) is 0.379. The van der Waals surface area contributed by atoms with Gasteiger partial charge in [-0.2, -0.15) is 0 Å². The summed E-state index contributed by atoms with van der Waals surface area (Å²) in [5, 5.41) is 0. The Hall–Kier alpha value is -10.1. The van der Waals surface area contributed by atoms with E-state index in [-0.39, 0.29) is 0 Å². The Morgan fingerprint density at radius 3 is 0.239 bits per heavy atom. The normalized spacial score (nSPS) is 3.87. The van der Waals surface area contributed by atoms with Crippen LogP contribution in [0, 0.1) is 273 Å². The molecule has 0 unspecified atom stereocenters. The van der Waals surface area contributed by atoms with Crippen molar-refractivity contribution in [2.45, 2.75) is 0 Å². The summed E-state index contributed by atoms with van der Waals surface area (Å²) < 4.78 is 0. The molecule has 0 rings (SSSR count). The van der Waals surface area contributed by atoms with Gasteiger partial charge in [0.1, 0.15) is 0 Å². The topological polar surface area (TPSA) is 0 Å². The van der Waals surface area contributed by atoms with Crippen molar-refractivity contribution in [3.8, 4) is 273 Å². The molecular weight excluding hydrogens is 553 g/mol. The molecule has 0 aliphatic heterocycles. The molecule has 0 nitrogen and oxygen atoms in total. The second kappa shape index (κ2) is 34.9. The smallest absolute Gasteiger partial charge is 0 e. The molecule has 0 bridgehead atoms. The van der Waals surface area contributed by atoms with Gasteiger partial charge in [0.15, 0.2) is 0 Å².